The van der Waals surface area contributed by atoms with Crippen LogP contribution < -0.4 is 0 Å². The van der Waals surface area contributed by atoms with Crippen molar-refractivity contribution in [2.45, 2.75) is 97.3 Å². The smallest absolute Gasteiger partial charge is 0.303 e. The molecule has 0 aliphatic carbocycles. The Morgan fingerprint density at radius 1 is 0.905 bits per heavy atom. The molecule has 0 rings (SSSR count). The van der Waals surface area contributed by atoms with Crippen molar-refractivity contribution in [1.82, 2.24) is 0 Å². The van der Waals surface area contributed by atoms with Gasteiger partial charge in [-0.05, 0) is 38.0 Å². The van der Waals surface area contributed by atoms with Gasteiger partial charge in [0.25, 0.3) is 0 Å². The number of carboxylic acid groups (broad SMARTS) is 1. The van der Waals surface area contributed by atoms with E-state index in [1.165, 1.54) is 64.2 Å². The Bertz CT molecular complexity index is 258. The van der Waals surface area contributed by atoms with E-state index in [1.807, 2.05) is 0 Å². The van der Waals surface area contributed by atoms with E-state index in [9.17, 15) is 4.79 Å². The highest BCUT2D eigenvalue weighted by atomic mass is 16.4. The second-order valence-electron chi connectivity index (χ2n) is 6.35. The minimum atomic E-state index is -0.665. The zero-order valence-electron chi connectivity index (χ0n) is 14.3. The number of aliphatic carboxylic acids is 1. The van der Waals surface area contributed by atoms with Crippen LogP contribution in [0, 0.1) is 5.92 Å². The van der Waals surface area contributed by atoms with Crippen LogP contribution in [0.15, 0.2) is 12.2 Å². The standard InChI is InChI=1S/C19H36O2/c1-3-4-15-18(2)16-13-11-9-7-5-6-8-10-12-14-17-19(20)21/h7,9,18H,3-6,8,10-17H2,1-2H3,(H,20,21). The Kier molecular flexibility index (Phi) is 15.0. The van der Waals surface area contributed by atoms with Crippen LogP contribution in [0.5, 0.6) is 0 Å². The summed E-state index contributed by atoms with van der Waals surface area (Å²) < 4.78 is 0. The Labute approximate surface area is 132 Å². The summed E-state index contributed by atoms with van der Waals surface area (Å²) in [6, 6.07) is 0. The molecule has 0 spiro atoms. The minimum absolute atomic E-state index is 0.330. The van der Waals surface area contributed by atoms with E-state index in [0.717, 1.165) is 18.8 Å². The average Bonchev–Trinajstić information content (AvgIpc) is 2.45. The molecule has 2 heteroatoms. The summed E-state index contributed by atoms with van der Waals surface area (Å²) in [4.78, 5) is 10.3. The number of unbranched alkanes of at least 4 members (excludes halogenated alkanes) is 7. The molecule has 21 heavy (non-hydrogen) atoms. The fraction of sp³-hybridized carbons (Fsp3) is 0.842. The van der Waals surface area contributed by atoms with Gasteiger partial charge in [-0.1, -0.05) is 70.9 Å². The summed E-state index contributed by atoms with van der Waals surface area (Å²) in [5.74, 6) is 0.228. The van der Waals surface area contributed by atoms with Crippen molar-refractivity contribution in [3.63, 3.8) is 0 Å². The lowest BCUT2D eigenvalue weighted by Gasteiger charge is -2.08. The maximum atomic E-state index is 10.3. The van der Waals surface area contributed by atoms with Crippen LogP contribution in [-0.2, 0) is 4.79 Å². The van der Waals surface area contributed by atoms with E-state index in [1.54, 1.807) is 0 Å². The van der Waals surface area contributed by atoms with E-state index < -0.39 is 5.97 Å². The molecule has 0 fully saturated rings. The van der Waals surface area contributed by atoms with E-state index in [-0.39, 0.29) is 0 Å². The summed E-state index contributed by atoms with van der Waals surface area (Å²) in [6.07, 6.45) is 19.8. The first kappa shape index (κ1) is 20.2. The molecule has 0 saturated carbocycles. The highest BCUT2D eigenvalue weighted by Crippen LogP contribution is 2.15. The summed E-state index contributed by atoms with van der Waals surface area (Å²) in [7, 11) is 0. The maximum absolute atomic E-state index is 10.3. The lowest BCUT2D eigenvalue weighted by atomic mass is 9.98. The second-order valence-corrected chi connectivity index (χ2v) is 6.35. The van der Waals surface area contributed by atoms with Crippen molar-refractivity contribution in [1.29, 1.82) is 0 Å². The van der Waals surface area contributed by atoms with Gasteiger partial charge in [0.2, 0.25) is 0 Å². The molecule has 0 bridgehead atoms. The molecule has 0 aliphatic heterocycles. The quantitative estimate of drug-likeness (QED) is 0.282. The molecule has 0 saturated heterocycles. The topological polar surface area (TPSA) is 37.3 Å². The average molecular weight is 296 g/mol. The summed E-state index contributed by atoms with van der Waals surface area (Å²) >= 11 is 0. The SMILES string of the molecule is CCCCC(C)CCCC=CCCCCCCCC(=O)O. The van der Waals surface area contributed by atoms with Gasteiger partial charge in [0.1, 0.15) is 0 Å². The number of hydrogen-bond acceptors (Lipinski definition) is 1. The third-order valence-corrected chi connectivity index (χ3v) is 4.05. The monoisotopic (exact) mass is 296 g/mol. The lowest BCUT2D eigenvalue weighted by Crippen LogP contribution is -1.93. The molecule has 0 aromatic carbocycles. The van der Waals surface area contributed by atoms with Gasteiger partial charge in [0, 0.05) is 6.42 Å². The lowest BCUT2D eigenvalue weighted by molar-refractivity contribution is -0.137. The highest BCUT2D eigenvalue weighted by Gasteiger charge is 1.99. The van der Waals surface area contributed by atoms with E-state index in [2.05, 4.69) is 26.0 Å². The van der Waals surface area contributed by atoms with Gasteiger partial charge < -0.3 is 5.11 Å². The second kappa shape index (κ2) is 15.6. The largest absolute Gasteiger partial charge is 0.481 e. The Hall–Kier alpha value is -0.790. The Morgan fingerprint density at radius 3 is 2.14 bits per heavy atom. The van der Waals surface area contributed by atoms with Gasteiger partial charge in [0.15, 0.2) is 0 Å². The molecule has 0 aromatic heterocycles. The van der Waals surface area contributed by atoms with Crippen LogP contribution in [0.25, 0.3) is 0 Å². The molecule has 0 aliphatic rings. The van der Waals surface area contributed by atoms with Crippen molar-refractivity contribution in [3.05, 3.63) is 12.2 Å². The third kappa shape index (κ3) is 17.2. The molecular weight excluding hydrogens is 260 g/mol. The number of rotatable bonds is 15. The molecular formula is C19H36O2. The zero-order valence-corrected chi connectivity index (χ0v) is 14.3. The van der Waals surface area contributed by atoms with Crippen molar-refractivity contribution < 1.29 is 9.90 Å². The third-order valence-electron chi connectivity index (χ3n) is 4.05. The van der Waals surface area contributed by atoms with Gasteiger partial charge >= 0.3 is 5.97 Å². The van der Waals surface area contributed by atoms with E-state index in [0.29, 0.717) is 6.42 Å². The predicted molar refractivity (Wildman–Crippen MR) is 91.6 cm³/mol. The van der Waals surface area contributed by atoms with Crippen molar-refractivity contribution in [2.75, 3.05) is 0 Å². The molecule has 0 radical (unpaired) electrons. The van der Waals surface area contributed by atoms with Crippen molar-refractivity contribution in [2.24, 2.45) is 5.92 Å². The van der Waals surface area contributed by atoms with Crippen molar-refractivity contribution in [3.8, 4) is 0 Å². The molecule has 0 heterocycles. The van der Waals surface area contributed by atoms with E-state index in [4.69, 9.17) is 5.11 Å². The Balaban J connectivity index is 3.20. The number of carbonyl (C=O) groups is 1. The normalized spacial score (nSPS) is 12.9. The first-order chi connectivity index (χ1) is 10.2. The molecule has 0 amide bonds. The zero-order chi connectivity index (χ0) is 15.8. The fourth-order valence-corrected chi connectivity index (χ4v) is 2.59. The van der Waals surface area contributed by atoms with Crippen LogP contribution in [0.1, 0.15) is 97.3 Å². The maximum Gasteiger partial charge on any atom is 0.303 e. The molecule has 1 unspecified atom stereocenters. The summed E-state index contributed by atoms with van der Waals surface area (Å²) in [5.41, 5.74) is 0. The molecule has 1 atom stereocenters. The van der Waals surface area contributed by atoms with Gasteiger partial charge in [-0.2, -0.15) is 0 Å². The first-order valence-electron chi connectivity index (χ1n) is 9.03. The van der Waals surface area contributed by atoms with Crippen LogP contribution in [-0.4, -0.2) is 11.1 Å². The predicted octanol–water partition coefficient (Wildman–Crippen LogP) is 6.35. The highest BCUT2D eigenvalue weighted by molar-refractivity contribution is 5.66. The molecule has 124 valence electrons. The molecule has 2 nitrogen and oxygen atoms in total. The van der Waals surface area contributed by atoms with Crippen LogP contribution in [0.2, 0.25) is 0 Å². The van der Waals surface area contributed by atoms with Gasteiger partial charge in [-0.25, -0.2) is 0 Å². The number of carboxylic acids is 1. The van der Waals surface area contributed by atoms with Crippen molar-refractivity contribution >= 4 is 5.97 Å². The minimum Gasteiger partial charge on any atom is -0.481 e. The van der Waals surface area contributed by atoms with Crippen LogP contribution in [0.3, 0.4) is 0 Å². The first-order valence-corrected chi connectivity index (χ1v) is 9.03. The number of hydrogen-bond donors (Lipinski definition) is 1. The van der Waals surface area contributed by atoms with Gasteiger partial charge in [-0.3, -0.25) is 4.79 Å². The molecule has 1 N–H and O–H groups in total. The number of allylic oxidation sites excluding steroid dienone is 2. The van der Waals surface area contributed by atoms with Crippen LogP contribution in [0.4, 0.5) is 0 Å². The Morgan fingerprint density at radius 2 is 1.48 bits per heavy atom. The van der Waals surface area contributed by atoms with E-state index >= 15 is 0 Å². The summed E-state index contributed by atoms with van der Waals surface area (Å²) in [6.45, 7) is 4.64. The molecule has 0 aromatic rings. The fourth-order valence-electron chi connectivity index (χ4n) is 2.59. The van der Waals surface area contributed by atoms with Crippen LogP contribution >= 0.6 is 0 Å². The van der Waals surface area contributed by atoms with Gasteiger partial charge in [-0.15, -0.1) is 0 Å². The summed E-state index contributed by atoms with van der Waals surface area (Å²) in [5, 5.41) is 8.52. The van der Waals surface area contributed by atoms with Gasteiger partial charge in [0.05, 0.1) is 0 Å².